The van der Waals surface area contributed by atoms with Gasteiger partial charge < -0.3 is 5.11 Å². The Labute approximate surface area is 109 Å². The zero-order valence-corrected chi connectivity index (χ0v) is 8.30. The molecule has 2 nitrogen and oxygen atoms in total. The first-order valence-corrected chi connectivity index (χ1v) is 5.10. The molecule has 0 atom stereocenters. The van der Waals surface area contributed by atoms with Crippen molar-refractivity contribution in [2.45, 2.75) is 51.4 Å². The summed E-state index contributed by atoms with van der Waals surface area (Å²) in [5.41, 5.74) is 0. The van der Waals surface area contributed by atoms with Crippen molar-refractivity contribution in [1.29, 1.82) is 0 Å². The molecule has 0 amide bonds. The predicted molar refractivity (Wildman–Crippen MR) is 61.9 cm³/mol. The van der Waals surface area contributed by atoms with Crippen LogP contribution in [0.1, 0.15) is 51.4 Å². The Morgan fingerprint density at radius 1 is 1.07 bits per heavy atom. The minimum atomic E-state index is -0.674. The molecule has 0 aliphatic heterocycles. The number of hydrogen-bond donors (Lipinski definition) is 1. The SMILES string of the molecule is C=CCCCCCCCCC(=O)O.[NaH]. The van der Waals surface area contributed by atoms with Crippen LogP contribution in [0.5, 0.6) is 0 Å². The summed E-state index contributed by atoms with van der Waals surface area (Å²) in [5.74, 6) is -0.674. The number of rotatable bonds is 9. The molecule has 0 saturated heterocycles. The first-order valence-electron chi connectivity index (χ1n) is 5.10. The molecule has 3 heteroatoms. The average Bonchev–Trinajstić information content (AvgIpc) is 2.09. The Balaban J connectivity index is 0. The molecule has 0 aliphatic carbocycles. The summed E-state index contributed by atoms with van der Waals surface area (Å²) in [4.78, 5) is 10.2. The van der Waals surface area contributed by atoms with E-state index in [1.165, 1.54) is 25.7 Å². The van der Waals surface area contributed by atoms with Crippen LogP contribution in [0.4, 0.5) is 0 Å². The summed E-state index contributed by atoms with van der Waals surface area (Å²) < 4.78 is 0. The van der Waals surface area contributed by atoms with Crippen LogP contribution in [0.25, 0.3) is 0 Å². The van der Waals surface area contributed by atoms with E-state index in [1.54, 1.807) is 0 Å². The van der Waals surface area contributed by atoms with Crippen LogP contribution in [-0.2, 0) is 4.79 Å². The van der Waals surface area contributed by atoms with E-state index in [-0.39, 0.29) is 29.6 Å². The maximum absolute atomic E-state index is 10.2. The molecule has 14 heavy (non-hydrogen) atoms. The van der Waals surface area contributed by atoms with Gasteiger partial charge in [0, 0.05) is 6.42 Å². The number of aliphatic carboxylic acids is 1. The predicted octanol–water partition coefficient (Wildman–Crippen LogP) is 2.73. The van der Waals surface area contributed by atoms with Gasteiger partial charge in [0.05, 0.1) is 0 Å². The van der Waals surface area contributed by atoms with Gasteiger partial charge in [0.1, 0.15) is 0 Å². The quantitative estimate of drug-likeness (QED) is 0.359. The molecule has 0 aromatic rings. The fourth-order valence-corrected chi connectivity index (χ4v) is 1.27. The molecule has 78 valence electrons. The van der Waals surface area contributed by atoms with Crippen molar-refractivity contribution in [3.05, 3.63) is 12.7 Å². The van der Waals surface area contributed by atoms with Crippen molar-refractivity contribution in [3.8, 4) is 0 Å². The molecule has 0 aliphatic rings. The van der Waals surface area contributed by atoms with Gasteiger partial charge in [-0.2, -0.15) is 0 Å². The molecule has 0 radical (unpaired) electrons. The van der Waals surface area contributed by atoms with Gasteiger partial charge in [0.2, 0.25) is 0 Å². The van der Waals surface area contributed by atoms with Crippen molar-refractivity contribution in [2.75, 3.05) is 0 Å². The zero-order chi connectivity index (χ0) is 9.94. The standard InChI is InChI=1S/C11H20O2.Na.H/c1-2-3-4-5-6-7-8-9-10-11(12)13;;/h2H,1,3-10H2,(H,12,13);;. The second-order valence-electron chi connectivity index (χ2n) is 3.34. The molecule has 0 aromatic heterocycles. The summed E-state index contributed by atoms with van der Waals surface area (Å²) in [6, 6.07) is 0. The number of carboxylic acids is 1. The van der Waals surface area contributed by atoms with Gasteiger partial charge in [-0.1, -0.05) is 31.8 Å². The Hall–Kier alpha value is 0.210. The minimum absolute atomic E-state index is 0. The second-order valence-corrected chi connectivity index (χ2v) is 3.34. The fraction of sp³-hybridized carbons (Fsp3) is 0.727. The monoisotopic (exact) mass is 208 g/mol. The van der Waals surface area contributed by atoms with Crippen molar-refractivity contribution < 1.29 is 9.90 Å². The van der Waals surface area contributed by atoms with Gasteiger partial charge in [-0.25, -0.2) is 0 Å². The number of carbonyl (C=O) groups is 1. The van der Waals surface area contributed by atoms with Crippen molar-refractivity contribution in [3.63, 3.8) is 0 Å². The van der Waals surface area contributed by atoms with E-state index in [9.17, 15) is 4.79 Å². The molecule has 0 heterocycles. The molecule has 0 spiro atoms. The van der Waals surface area contributed by atoms with Gasteiger partial charge in [-0.05, 0) is 19.3 Å². The number of unbranched alkanes of at least 4 members (excludes halogenated alkanes) is 6. The molecular weight excluding hydrogens is 187 g/mol. The normalized spacial score (nSPS) is 9.14. The Kier molecular flexibility index (Phi) is 15.7. The zero-order valence-electron chi connectivity index (χ0n) is 8.30. The Morgan fingerprint density at radius 3 is 2.07 bits per heavy atom. The Morgan fingerprint density at radius 2 is 1.57 bits per heavy atom. The molecule has 0 unspecified atom stereocenters. The van der Waals surface area contributed by atoms with Gasteiger partial charge in [-0.15, -0.1) is 6.58 Å². The van der Waals surface area contributed by atoms with E-state index in [1.807, 2.05) is 6.08 Å². The first-order chi connectivity index (χ1) is 6.27. The van der Waals surface area contributed by atoms with Crippen LogP contribution in [0, 0.1) is 0 Å². The molecule has 1 N–H and O–H groups in total. The molecule has 0 rings (SSSR count). The summed E-state index contributed by atoms with van der Waals surface area (Å²) in [6.45, 7) is 3.66. The topological polar surface area (TPSA) is 37.3 Å². The molecule has 0 saturated carbocycles. The van der Waals surface area contributed by atoms with Crippen LogP contribution < -0.4 is 0 Å². The molecule has 0 fully saturated rings. The third-order valence-electron chi connectivity index (χ3n) is 2.05. The fourth-order valence-electron chi connectivity index (χ4n) is 1.27. The van der Waals surface area contributed by atoms with E-state index in [0.29, 0.717) is 6.42 Å². The summed E-state index contributed by atoms with van der Waals surface area (Å²) >= 11 is 0. The van der Waals surface area contributed by atoms with E-state index >= 15 is 0 Å². The van der Waals surface area contributed by atoms with E-state index < -0.39 is 5.97 Å². The third kappa shape index (κ3) is 14.7. The van der Waals surface area contributed by atoms with E-state index in [2.05, 4.69) is 6.58 Å². The summed E-state index contributed by atoms with van der Waals surface area (Å²) in [7, 11) is 0. The maximum atomic E-state index is 10.2. The van der Waals surface area contributed by atoms with Crippen molar-refractivity contribution >= 4 is 35.5 Å². The number of allylic oxidation sites excluding steroid dienone is 1. The van der Waals surface area contributed by atoms with Gasteiger partial charge >= 0.3 is 35.5 Å². The van der Waals surface area contributed by atoms with Crippen LogP contribution in [0.2, 0.25) is 0 Å². The molecule has 0 aromatic carbocycles. The van der Waals surface area contributed by atoms with Gasteiger partial charge in [0.25, 0.3) is 0 Å². The molecule has 0 bridgehead atoms. The summed E-state index contributed by atoms with van der Waals surface area (Å²) in [5, 5.41) is 8.38. The summed E-state index contributed by atoms with van der Waals surface area (Å²) in [6.07, 6.45) is 10.1. The van der Waals surface area contributed by atoms with Crippen LogP contribution in [0.15, 0.2) is 12.7 Å². The van der Waals surface area contributed by atoms with E-state index in [4.69, 9.17) is 5.11 Å². The van der Waals surface area contributed by atoms with Gasteiger partial charge in [0.15, 0.2) is 0 Å². The number of hydrogen-bond acceptors (Lipinski definition) is 1. The van der Waals surface area contributed by atoms with Crippen molar-refractivity contribution in [1.82, 2.24) is 0 Å². The van der Waals surface area contributed by atoms with Crippen LogP contribution in [-0.4, -0.2) is 40.6 Å². The average molecular weight is 208 g/mol. The van der Waals surface area contributed by atoms with Gasteiger partial charge in [-0.3, -0.25) is 4.79 Å². The Bertz CT molecular complexity index is 146. The third-order valence-corrected chi connectivity index (χ3v) is 2.05. The molecular formula is C11H21NaO2. The second kappa shape index (κ2) is 13.2. The first kappa shape index (κ1) is 16.6. The number of carboxylic acid groups (broad SMARTS) is 1. The van der Waals surface area contributed by atoms with Crippen LogP contribution in [0.3, 0.4) is 0 Å². The van der Waals surface area contributed by atoms with E-state index in [0.717, 1.165) is 19.3 Å². The van der Waals surface area contributed by atoms with Crippen LogP contribution >= 0.6 is 0 Å². The van der Waals surface area contributed by atoms with Crippen molar-refractivity contribution in [2.24, 2.45) is 0 Å².